The van der Waals surface area contributed by atoms with E-state index in [-0.39, 0.29) is 5.25 Å². The van der Waals surface area contributed by atoms with Gasteiger partial charge in [0, 0.05) is 6.04 Å². The molecule has 0 heterocycles. The van der Waals surface area contributed by atoms with E-state index >= 15 is 0 Å². The summed E-state index contributed by atoms with van der Waals surface area (Å²) in [5, 5.41) is 3.20. The molecular formula is C12H27NO2S. The van der Waals surface area contributed by atoms with E-state index in [1.807, 2.05) is 0 Å². The van der Waals surface area contributed by atoms with Crippen molar-refractivity contribution in [1.82, 2.24) is 5.32 Å². The van der Waals surface area contributed by atoms with Crippen LogP contribution in [-0.4, -0.2) is 32.0 Å². The van der Waals surface area contributed by atoms with E-state index in [0.717, 1.165) is 32.2 Å². The van der Waals surface area contributed by atoms with Crippen LogP contribution in [-0.2, 0) is 9.84 Å². The van der Waals surface area contributed by atoms with Crippen LogP contribution >= 0.6 is 0 Å². The van der Waals surface area contributed by atoms with Crippen LogP contribution < -0.4 is 5.32 Å². The molecule has 0 rings (SSSR count). The van der Waals surface area contributed by atoms with Crippen LogP contribution in [0.4, 0.5) is 0 Å². The molecule has 0 aromatic rings. The molecule has 98 valence electrons. The fourth-order valence-corrected chi connectivity index (χ4v) is 2.61. The first-order valence-electron chi connectivity index (χ1n) is 6.39. The molecule has 1 unspecified atom stereocenters. The van der Waals surface area contributed by atoms with Crippen molar-refractivity contribution in [2.75, 3.05) is 12.3 Å². The van der Waals surface area contributed by atoms with Crippen molar-refractivity contribution < 1.29 is 8.42 Å². The second-order valence-electron chi connectivity index (χ2n) is 4.62. The Hall–Kier alpha value is -0.0900. The Labute approximate surface area is 101 Å². The monoisotopic (exact) mass is 249 g/mol. The average molecular weight is 249 g/mol. The van der Waals surface area contributed by atoms with Crippen molar-refractivity contribution in [3.8, 4) is 0 Å². The van der Waals surface area contributed by atoms with E-state index in [1.54, 1.807) is 13.8 Å². The number of nitrogens with one attached hydrogen (secondary N) is 1. The van der Waals surface area contributed by atoms with Gasteiger partial charge in [0.2, 0.25) is 0 Å². The summed E-state index contributed by atoms with van der Waals surface area (Å²) < 4.78 is 23.2. The van der Waals surface area contributed by atoms with E-state index in [9.17, 15) is 8.42 Å². The Bertz CT molecular complexity index is 260. The molecule has 1 atom stereocenters. The SMILES string of the molecule is CCCNC(CC)CCCS(=O)(=O)C(C)C. The zero-order chi connectivity index (χ0) is 12.6. The summed E-state index contributed by atoms with van der Waals surface area (Å²) in [7, 11) is -2.85. The molecular weight excluding hydrogens is 222 g/mol. The van der Waals surface area contributed by atoms with Crippen LogP contribution in [0.3, 0.4) is 0 Å². The Balaban J connectivity index is 3.86. The fourth-order valence-electron chi connectivity index (χ4n) is 1.57. The summed E-state index contributed by atoms with van der Waals surface area (Å²) in [4.78, 5) is 0. The van der Waals surface area contributed by atoms with Crippen LogP contribution in [0.1, 0.15) is 53.4 Å². The van der Waals surface area contributed by atoms with Crippen molar-refractivity contribution in [3.63, 3.8) is 0 Å². The van der Waals surface area contributed by atoms with Gasteiger partial charge in [-0.05, 0) is 46.1 Å². The largest absolute Gasteiger partial charge is 0.314 e. The summed E-state index contributed by atoms with van der Waals surface area (Å²) in [6, 6.07) is 0.474. The smallest absolute Gasteiger partial charge is 0.152 e. The minimum absolute atomic E-state index is 0.240. The standard InChI is InChI=1S/C12H27NO2S/c1-5-9-13-12(6-2)8-7-10-16(14,15)11(3)4/h11-13H,5-10H2,1-4H3. The second kappa shape index (κ2) is 8.07. The molecule has 0 fully saturated rings. The topological polar surface area (TPSA) is 46.2 Å². The molecule has 0 aliphatic rings. The predicted octanol–water partition coefficient (Wildman–Crippen LogP) is 2.37. The quantitative estimate of drug-likeness (QED) is 0.682. The number of hydrogen-bond donors (Lipinski definition) is 1. The first-order valence-corrected chi connectivity index (χ1v) is 8.10. The number of hydrogen-bond acceptors (Lipinski definition) is 3. The van der Waals surface area contributed by atoms with Crippen molar-refractivity contribution in [3.05, 3.63) is 0 Å². The predicted molar refractivity (Wildman–Crippen MR) is 70.5 cm³/mol. The van der Waals surface area contributed by atoms with E-state index in [0.29, 0.717) is 11.8 Å². The number of sulfone groups is 1. The molecule has 0 aliphatic heterocycles. The maximum Gasteiger partial charge on any atom is 0.152 e. The van der Waals surface area contributed by atoms with E-state index in [2.05, 4.69) is 19.2 Å². The Morgan fingerprint density at radius 1 is 1.19 bits per heavy atom. The van der Waals surface area contributed by atoms with Crippen LogP contribution in [0.5, 0.6) is 0 Å². The summed E-state index contributed by atoms with van der Waals surface area (Å²) >= 11 is 0. The van der Waals surface area contributed by atoms with Crippen LogP contribution in [0.15, 0.2) is 0 Å². The Kier molecular flexibility index (Phi) is 8.02. The molecule has 4 heteroatoms. The summed E-state index contributed by atoms with van der Waals surface area (Å²) in [5.74, 6) is 0.328. The van der Waals surface area contributed by atoms with Gasteiger partial charge in [0.15, 0.2) is 9.84 Å². The van der Waals surface area contributed by atoms with Crippen LogP contribution in [0.2, 0.25) is 0 Å². The maximum atomic E-state index is 11.6. The van der Waals surface area contributed by atoms with Crippen LogP contribution in [0.25, 0.3) is 0 Å². The molecule has 0 saturated carbocycles. The van der Waals surface area contributed by atoms with Crippen molar-refractivity contribution in [2.45, 2.75) is 64.7 Å². The third-order valence-corrected chi connectivity index (χ3v) is 5.17. The van der Waals surface area contributed by atoms with Gasteiger partial charge in [-0.3, -0.25) is 0 Å². The normalized spacial score (nSPS) is 14.3. The maximum absolute atomic E-state index is 11.6. The molecule has 0 saturated heterocycles. The van der Waals surface area contributed by atoms with E-state index in [4.69, 9.17) is 0 Å². The molecule has 0 bridgehead atoms. The Morgan fingerprint density at radius 3 is 2.25 bits per heavy atom. The Morgan fingerprint density at radius 2 is 1.81 bits per heavy atom. The molecule has 3 nitrogen and oxygen atoms in total. The van der Waals surface area contributed by atoms with Gasteiger partial charge in [0.1, 0.15) is 0 Å². The molecule has 1 N–H and O–H groups in total. The lowest BCUT2D eigenvalue weighted by Crippen LogP contribution is -2.30. The van der Waals surface area contributed by atoms with Crippen LogP contribution in [0, 0.1) is 0 Å². The first kappa shape index (κ1) is 15.9. The number of rotatable bonds is 9. The molecule has 0 aliphatic carbocycles. The van der Waals surface area contributed by atoms with Gasteiger partial charge in [0.25, 0.3) is 0 Å². The van der Waals surface area contributed by atoms with Gasteiger partial charge in [-0.25, -0.2) is 8.42 Å². The summed E-state index contributed by atoms with van der Waals surface area (Å²) in [6.07, 6.45) is 3.93. The zero-order valence-corrected chi connectivity index (χ0v) is 11.9. The minimum Gasteiger partial charge on any atom is -0.314 e. The van der Waals surface area contributed by atoms with Crippen molar-refractivity contribution in [1.29, 1.82) is 0 Å². The zero-order valence-electron chi connectivity index (χ0n) is 11.1. The van der Waals surface area contributed by atoms with Gasteiger partial charge < -0.3 is 5.32 Å². The molecule has 0 amide bonds. The highest BCUT2D eigenvalue weighted by atomic mass is 32.2. The van der Waals surface area contributed by atoms with Gasteiger partial charge in [-0.1, -0.05) is 13.8 Å². The molecule has 0 spiro atoms. The van der Waals surface area contributed by atoms with E-state index < -0.39 is 9.84 Å². The third kappa shape index (κ3) is 6.48. The molecule has 16 heavy (non-hydrogen) atoms. The lowest BCUT2D eigenvalue weighted by atomic mass is 10.1. The highest BCUT2D eigenvalue weighted by molar-refractivity contribution is 7.91. The van der Waals surface area contributed by atoms with Gasteiger partial charge in [0.05, 0.1) is 11.0 Å². The van der Waals surface area contributed by atoms with Gasteiger partial charge in [-0.15, -0.1) is 0 Å². The third-order valence-electron chi connectivity index (χ3n) is 2.88. The molecule has 0 aromatic heterocycles. The lowest BCUT2D eigenvalue weighted by Gasteiger charge is -2.16. The van der Waals surface area contributed by atoms with Crippen molar-refractivity contribution >= 4 is 9.84 Å². The molecule has 0 aromatic carbocycles. The fraction of sp³-hybridized carbons (Fsp3) is 1.00. The van der Waals surface area contributed by atoms with Gasteiger partial charge >= 0.3 is 0 Å². The average Bonchev–Trinajstić information content (AvgIpc) is 2.22. The molecule has 0 radical (unpaired) electrons. The summed E-state index contributed by atoms with van der Waals surface area (Å²) in [5.41, 5.74) is 0. The highest BCUT2D eigenvalue weighted by Gasteiger charge is 2.16. The van der Waals surface area contributed by atoms with Crippen molar-refractivity contribution in [2.24, 2.45) is 0 Å². The first-order chi connectivity index (χ1) is 7.44. The summed E-state index contributed by atoms with van der Waals surface area (Å²) in [6.45, 7) is 8.81. The minimum atomic E-state index is -2.85. The van der Waals surface area contributed by atoms with Gasteiger partial charge in [-0.2, -0.15) is 0 Å². The lowest BCUT2D eigenvalue weighted by molar-refractivity contribution is 0.462. The highest BCUT2D eigenvalue weighted by Crippen LogP contribution is 2.08. The second-order valence-corrected chi connectivity index (χ2v) is 7.29. The van der Waals surface area contributed by atoms with E-state index in [1.165, 1.54) is 0 Å².